The summed E-state index contributed by atoms with van der Waals surface area (Å²) in [6.45, 7) is 5.77. The lowest BCUT2D eigenvalue weighted by Crippen LogP contribution is -2.36. The molecule has 1 aromatic rings. The van der Waals surface area contributed by atoms with Crippen LogP contribution in [0.5, 0.6) is 0 Å². The van der Waals surface area contributed by atoms with Gasteiger partial charge in [-0.1, -0.05) is 0 Å². The van der Waals surface area contributed by atoms with Crippen molar-refractivity contribution in [3.05, 3.63) is 17.5 Å². The van der Waals surface area contributed by atoms with Crippen molar-refractivity contribution in [3.8, 4) is 0 Å². The van der Waals surface area contributed by atoms with Crippen LogP contribution in [-0.4, -0.2) is 46.5 Å². The molecule has 3 N–H and O–H groups in total. The number of carbonyl (C=O) groups is 1. The van der Waals surface area contributed by atoms with Crippen LogP contribution in [-0.2, 0) is 11.7 Å². The lowest BCUT2D eigenvalue weighted by atomic mass is 10.1. The fourth-order valence-corrected chi connectivity index (χ4v) is 2.54. The predicted molar refractivity (Wildman–Crippen MR) is 84.2 cm³/mol. The minimum Gasteiger partial charge on any atom is -0.391 e. The van der Waals surface area contributed by atoms with Crippen molar-refractivity contribution in [3.63, 3.8) is 0 Å². The zero-order chi connectivity index (χ0) is 17.4. The highest BCUT2D eigenvalue weighted by atomic mass is 35.5. The first-order chi connectivity index (χ1) is 10.5. The number of β-amino-alcohol motifs (C(OH)–C–C–N with tert-alkyl or cyclic N) is 1. The van der Waals surface area contributed by atoms with Crippen LogP contribution in [0.15, 0.2) is 6.20 Å². The highest BCUT2D eigenvalue weighted by molar-refractivity contribution is 5.95. The SMILES string of the molecule is CC(C)(C)n1ncc(C(=O)NCC2CNCC2O)c1C(F)(F)F.Cl. The molecule has 1 aliphatic rings. The number of alkyl halides is 3. The zero-order valence-corrected chi connectivity index (χ0v) is 14.5. The molecule has 2 rings (SSSR count). The third-order valence-corrected chi connectivity index (χ3v) is 3.75. The van der Waals surface area contributed by atoms with Crippen LogP contribution in [0.4, 0.5) is 13.2 Å². The molecule has 2 unspecified atom stereocenters. The smallest absolute Gasteiger partial charge is 0.391 e. The number of nitrogens with zero attached hydrogens (tertiary/aromatic N) is 2. The molecule has 10 heteroatoms. The number of hydrogen-bond donors (Lipinski definition) is 3. The number of aliphatic hydroxyl groups excluding tert-OH is 1. The Hall–Kier alpha value is -1.32. The third kappa shape index (κ3) is 4.40. The van der Waals surface area contributed by atoms with Gasteiger partial charge in [-0.05, 0) is 20.8 Å². The summed E-state index contributed by atoms with van der Waals surface area (Å²) in [6, 6.07) is 0. The molecule has 0 saturated carbocycles. The van der Waals surface area contributed by atoms with Gasteiger partial charge < -0.3 is 15.7 Å². The Morgan fingerprint density at radius 2 is 2.04 bits per heavy atom. The molecule has 6 nitrogen and oxygen atoms in total. The van der Waals surface area contributed by atoms with Crippen molar-refractivity contribution in [1.29, 1.82) is 0 Å². The number of halogens is 4. The normalized spacial score (nSPS) is 21.5. The van der Waals surface area contributed by atoms with E-state index in [1.807, 2.05) is 0 Å². The van der Waals surface area contributed by atoms with E-state index >= 15 is 0 Å². The average Bonchev–Trinajstić information content (AvgIpc) is 3.00. The fourth-order valence-electron chi connectivity index (χ4n) is 2.54. The third-order valence-electron chi connectivity index (χ3n) is 3.75. The van der Waals surface area contributed by atoms with Gasteiger partial charge in [-0.25, -0.2) is 0 Å². The van der Waals surface area contributed by atoms with Gasteiger partial charge in [-0.3, -0.25) is 9.48 Å². The number of aromatic nitrogens is 2. The summed E-state index contributed by atoms with van der Waals surface area (Å²) in [6.07, 6.45) is -4.37. The first kappa shape index (κ1) is 20.7. The van der Waals surface area contributed by atoms with E-state index in [0.717, 1.165) is 10.9 Å². The molecule has 1 aromatic heterocycles. The molecule has 1 amide bonds. The van der Waals surface area contributed by atoms with Crippen LogP contribution in [0.1, 0.15) is 36.8 Å². The molecule has 2 heterocycles. The highest BCUT2D eigenvalue weighted by Gasteiger charge is 2.42. The minimum absolute atomic E-state index is 0. The van der Waals surface area contributed by atoms with Gasteiger partial charge in [0.25, 0.3) is 5.91 Å². The molecule has 2 atom stereocenters. The molecule has 24 heavy (non-hydrogen) atoms. The molecule has 1 fully saturated rings. The lowest BCUT2D eigenvalue weighted by molar-refractivity contribution is -0.146. The fraction of sp³-hybridized carbons (Fsp3) is 0.714. The van der Waals surface area contributed by atoms with Crippen LogP contribution in [0.2, 0.25) is 0 Å². The summed E-state index contributed by atoms with van der Waals surface area (Å²) in [7, 11) is 0. The van der Waals surface area contributed by atoms with Crippen molar-refractivity contribution in [2.75, 3.05) is 19.6 Å². The molecular weight excluding hydrogens is 349 g/mol. The molecule has 0 spiro atoms. The summed E-state index contributed by atoms with van der Waals surface area (Å²) >= 11 is 0. The van der Waals surface area contributed by atoms with E-state index in [4.69, 9.17) is 0 Å². The van der Waals surface area contributed by atoms with Gasteiger partial charge in [0.1, 0.15) is 0 Å². The summed E-state index contributed by atoms with van der Waals surface area (Å²) in [5, 5.41) is 18.8. The molecule has 1 aliphatic heterocycles. The maximum atomic E-state index is 13.3. The first-order valence-corrected chi connectivity index (χ1v) is 7.34. The topological polar surface area (TPSA) is 79.2 Å². The van der Waals surface area contributed by atoms with E-state index in [9.17, 15) is 23.1 Å². The molecule has 0 aliphatic carbocycles. The Labute approximate surface area is 144 Å². The Morgan fingerprint density at radius 1 is 1.42 bits per heavy atom. The van der Waals surface area contributed by atoms with E-state index in [-0.39, 0.29) is 24.9 Å². The summed E-state index contributed by atoms with van der Waals surface area (Å²) < 4.78 is 40.8. The second-order valence-electron chi connectivity index (χ2n) is 6.68. The van der Waals surface area contributed by atoms with Crippen LogP contribution in [0, 0.1) is 5.92 Å². The largest absolute Gasteiger partial charge is 0.433 e. The summed E-state index contributed by atoms with van der Waals surface area (Å²) in [4.78, 5) is 12.1. The van der Waals surface area contributed by atoms with E-state index < -0.39 is 35.0 Å². The monoisotopic (exact) mass is 370 g/mol. The quantitative estimate of drug-likeness (QED) is 0.751. The van der Waals surface area contributed by atoms with Gasteiger partial charge in [0.2, 0.25) is 0 Å². The van der Waals surface area contributed by atoms with Crippen LogP contribution in [0.25, 0.3) is 0 Å². The maximum Gasteiger partial charge on any atom is 0.433 e. The predicted octanol–water partition coefficient (Wildman–Crippen LogP) is 1.39. The van der Waals surface area contributed by atoms with Crippen molar-refractivity contribution in [2.24, 2.45) is 5.92 Å². The van der Waals surface area contributed by atoms with E-state index in [0.29, 0.717) is 13.1 Å². The Morgan fingerprint density at radius 3 is 2.50 bits per heavy atom. The number of rotatable bonds is 3. The van der Waals surface area contributed by atoms with Crippen molar-refractivity contribution < 1.29 is 23.1 Å². The van der Waals surface area contributed by atoms with Gasteiger partial charge in [-0.2, -0.15) is 18.3 Å². The second kappa shape index (κ2) is 7.28. The second-order valence-corrected chi connectivity index (χ2v) is 6.68. The molecule has 138 valence electrons. The van der Waals surface area contributed by atoms with Gasteiger partial charge in [-0.15, -0.1) is 12.4 Å². The first-order valence-electron chi connectivity index (χ1n) is 7.34. The van der Waals surface area contributed by atoms with Gasteiger partial charge in [0.15, 0.2) is 5.69 Å². The zero-order valence-electron chi connectivity index (χ0n) is 13.6. The van der Waals surface area contributed by atoms with Crippen LogP contribution < -0.4 is 10.6 Å². The summed E-state index contributed by atoms with van der Waals surface area (Å²) in [5.74, 6) is -1.06. The van der Waals surface area contributed by atoms with Crippen molar-refractivity contribution in [2.45, 2.75) is 38.6 Å². The van der Waals surface area contributed by atoms with Gasteiger partial charge >= 0.3 is 6.18 Å². The van der Waals surface area contributed by atoms with Crippen LogP contribution >= 0.6 is 12.4 Å². The number of aliphatic hydroxyl groups is 1. The molecular formula is C14H22ClF3N4O2. The molecule has 0 bridgehead atoms. The number of amides is 1. The van der Waals surface area contributed by atoms with Crippen LogP contribution in [0.3, 0.4) is 0 Å². The molecule has 1 saturated heterocycles. The summed E-state index contributed by atoms with van der Waals surface area (Å²) in [5.41, 5.74) is -2.48. The number of hydrogen-bond acceptors (Lipinski definition) is 4. The number of carbonyl (C=O) groups excluding carboxylic acids is 1. The Kier molecular flexibility index (Phi) is 6.29. The highest BCUT2D eigenvalue weighted by Crippen LogP contribution is 2.34. The molecule has 0 aromatic carbocycles. The van der Waals surface area contributed by atoms with E-state index in [2.05, 4.69) is 15.7 Å². The van der Waals surface area contributed by atoms with E-state index in [1.165, 1.54) is 0 Å². The van der Waals surface area contributed by atoms with E-state index in [1.54, 1.807) is 20.8 Å². The van der Waals surface area contributed by atoms with Gasteiger partial charge in [0.05, 0.1) is 23.4 Å². The Balaban J connectivity index is 0.00000288. The lowest BCUT2D eigenvalue weighted by Gasteiger charge is -2.24. The van der Waals surface area contributed by atoms with Crippen molar-refractivity contribution in [1.82, 2.24) is 20.4 Å². The molecule has 0 radical (unpaired) electrons. The standard InChI is InChI=1S/C14H21F3N4O2.ClH/c1-13(2,3)21-11(14(15,16)17)9(6-20-21)12(23)19-5-8-4-18-7-10(8)22;/h6,8,10,18,22H,4-5,7H2,1-3H3,(H,19,23);1H. The average molecular weight is 371 g/mol. The Bertz CT molecular complexity index is 584. The number of nitrogens with one attached hydrogen (secondary N) is 2. The maximum absolute atomic E-state index is 13.3. The van der Waals surface area contributed by atoms with Gasteiger partial charge in [0, 0.05) is 25.6 Å². The minimum atomic E-state index is -4.69. The van der Waals surface area contributed by atoms with Crippen molar-refractivity contribution >= 4 is 18.3 Å².